The minimum Gasteiger partial charge on any atom is -0.495 e. The quantitative estimate of drug-likeness (QED) is 0.879. The van der Waals surface area contributed by atoms with Gasteiger partial charge in [0, 0.05) is 11.6 Å². The van der Waals surface area contributed by atoms with Crippen LogP contribution in [-0.4, -0.2) is 12.2 Å². The monoisotopic (exact) mass is 322 g/mol. The molecule has 0 aliphatic heterocycles. The number of methoxy groups -OCH3 is 1. The summed E-state index contributed by atoms with van der Waals surface area (Å²) in [7, 11) is 1.50. The molecule has 2 rings (SSSR count). The first kappa shape index (κ1) is 14.0. The Morgan fingerprint density at radius 2 is 1.89 bits per heavy atom. The molecular formula is C12H9Cl3O2S. The van der Waals surface area contributed by atoms with Crippen LogP contribution >= 0.6 is 46.1 Å². The van der Waals surface area contributed by atoms with E-state index < -0.39 is 6.10 Å². The highest BCUT2D eigenvalue weighted by molar-refractivity contribution is 7.10. The number of hydrogen-bond acceptors (Lipinski definition) is 3. The second-order valence-corrected chi connectivity index (χ2v) is 5.71. The molecule has 1 heterocycles. The third-order valence-electron chi connectivity index (χ3n) is 2.46. The van der Waals surface area contributed by atoms with Crippen LogP contribution in [0.2, 0.25) is 15.1 Å². The first-order valence-corrected chi connectivity index (χ1v) is 6.99. The molecule has 0 bridgehead atoms. The summed E-state index contributed by atoms with van der Waals surface area (Å²) in [5, 5.41) is 13.4. The van der Waals surface area contributed by atoms with Crippen LogP contribution in [0, 0.1) is 0 Å². The third kappa shape index (κ3) is 2.60. The van der Waals surface area contributed by atoms with E-state index >= 15 is 0 Å². The highest BCUT2D eigenvalue weighted by Crippen LogP contribution is 2.39. The number of halogens is 3. The number of thiophene rings is 1. The summed E-state index contributed by atoms with van der Waals surface area (Å²) in [6, 6.07) is 4.89. The zero-order valence-corrected chi connectivity index (χ0v) is 12.4. The molecule has 0 fully saturated rings. The maximum absolute atomic E-state index is 10.3. The van der Waals surface area contributed by atoms with E-state index in [1.165, 1.54) is 18.4 Å². The van der Waals surface area contributed by atoms with Gasteiger partial charge in [0.05, 0.1) is 27.1 Å². The number of aliphatic hydroxyl groups excluding tert-OH is 1. The van der Waals surface area contributed by atoms with Crippen LogP contribution in [0.3, 0.4) is 0 Å². The predicted molar refractivity (Wildman–Crippen MR) is 76.4 cm³/mol. The van der Waals surface area contributed by atoms with Gasteiger partial charge in [-0.15, -0.1) is 11.3 Å². The fourth-order valence-corrected chi connectivity index (χ4v) is 3.22. The Hall–Kier alpha value is -0.450. The molecule has 2 aromatic rings. The minimum absolute atomic E-state index is 0.383. The van der Waals surface area contributed by atoms with E-state index in [1.54, 1.807) is 23.6 Å². The smallest absolute Gasteiger partial charge is 0.138 e. The lowest BCUT2D eigenvalue weighted by Gasteiger charge is -2.14. The van der Waals surface area contributed by atoms with Crippen molar-refractivity contribution in [3.8, 4) is 5.75 Å². The van der Waals surface area contributed by atoms with Crippen LogP contribution in [0.5, 0.6) is 5.75 Å². The van der Waals surface area contributed by atoms with E-state index in [9.17, 15) is 5.11 Å². The number of aliphatic hydroxyl groups is 1. The van der Waals surface area contributed by atoms with Gasteiger partial charge in [0.2, 0.25) is 0 Å². The molecule has 0 aliphatic carbocycles. The van der Waals surface area contributed by atoms with Crippen molar-refractivity contribution >= 4 is 46.1 Å². The summed E-state index contributed by atoms with van der Waals surface area (Å²) in [5.74, 6) is 0.467. The topological polar surface area (TPSA) is 29.5 Å². The molecular weight excluding hydrogens is 315 g/mol. The lowest BCUT2D eigenvalue weighted by Crippen LogP contribution is -1.99. The van der Waals surface area contributed by atoms with Gasteiger partial charge in [-0.25, -0.2) is 0 Å². The first-order valence-electron chi connectivity index (χ1n) is 4.98. The number of benzene rings is 1. The molecule has 0 saturated carbocycles. The fourth-order valence-electron chi connectivity index (χ4n) is 1.55. The summed E-state index contributed by atoms with van der Waals surface area (Å²) in [5.41, 5.74) is 0.506. The maximum Gasteiger partial charge on any atom is 0.138 e. The Labute approximate surface area is 124 Å². The standard InChI is InChI=1S/C12H9Cl3O2S/c1-17-10-5-8(14)6(4-9(10)15)11(16)12-7(13)2-3-18-12/h2-5,11,16H,1H3. The summed E-state index contributed by atoms with van der Waals surface area (Å²) < 4.78 is 5.05. The number of rotatable bonds is 3. The molecule has 18 heavy (non-hydrogen) atoms. The van der Waals surface area contributed by atoms with Crippen molar-refractivity contribution in [2.75, 3.05) is 7.11 Å². The van der Waals surface area contributed by atoms with Crippen LogP contribution in [0.25, 0.3) is 0 Å². The maximum atomic E-state index is 10.3. The van der Waals surface area contributed by atoms with Crippen LogP contribution in [0.15, 0.2) is 23.6 Å². The van der Waals surface area contributed by atoms with Crippen molar-refractivity contribution in [2.24, 2.45) is 0 Å². The van der Waals surface area contributed by atoms with Crippen molar-refractivity contribution in [1.82, 2.24) is 0 Å². The molecule has 1 unspecified atom stereocenters. The number of ether oxygens (including phenoxy) is 1. The van der Waals surface area contributed by atoms with Crippen molar-refractivity contribution in [1.29, 1.82) is 0 Å². The SMILES string of the molecule is COc1cc(Cl)c(C(O)c2sccc2Cl)cc1Cl. The minimum atomic E-state index is -0.895. The highest BCUT2D eigenvalue weighted by Gasteiger charge is 2.20. The van der Waals surface area contributed by atoms with Crippen LogP contribution in [0.1, 0.15) is 16.5 Å². The Morgan fingerprint density at radius 1 is 1.17 bits per heavy atom. The van der Waals surface area contributed by atoms with Gasteiger partial charge in [0.1, 0.15) is 11.9 Å². The molecule has 1 aromatic carbocycles. The van der Waals surface area contributed by atoms with E-state index in [0.29, 0.717) is 31.3 Å². The van der Waals surface area contributed by atoms with E-state index in [2.05, 4.69) is 0 Å². The molecule has 6 heteroatoms. The summed E-state index contributed by atoms with van der Waals surface area (Å²) in [4.78, 5) is 0.639. The summed E-state index contributed by atoms with van der Waals surface area (Å²) >= 11 is 19.5. The van der Waals surface area contributed by atoms with Gasteiger partial charge in [-0.05, 0) is 17.5 Å². The molecule has 96 valence electrons. The normalized spacial score (nSPS) is 12.5. The van der Waals surface area contributed by atoms with Gasteiger partial charge < -0.3 is 9.84 Å². The van der Waals surface area contributed by atoms with Crippen LogP contribution in [0.4, 0.5) is 0 Å². The summed E-state index contributed by atoms with van der Waals surface area (Å²) in [6.07, 6.45) is -0.895. The van der Waals surface area contributed by atoms with Gasteiger partial charge in [-0.1, -0.05) is 34.8 Å². The third-order valence-corrected chi connectivity index (χ3v) is 4.49. The average Bonchev–Trinajstić information content (AvgIpc) is 2.77. The average molecular weight is 324 g/mol. The summed E-state index contributed by atoms with van der Waals surface area (Å²) in [6.45, 7) is 0. The largest absolute Gasteiger partial charge is 0.495 e. The lowest BCUT2D eigenvalue weighted by atomic mass is 10.1. The zero-order chi connectivity index (χ0) is 13.3. The van der Waals surface area contributed by atoms with E-state index in [-0.39, 0.29) is 0 Å². The van der Waals surface area contributed by atoms with Crippen LogP contribution < -0.4 is 4.74 Å². The Kier molecular flexibility index (Phi) is 4.41. The predicted octanol–water partition coefficient (Wildman–Crippen LogP) is 4.80. The first-order chi connectivity index (χ1) is 8.54. The molecule has 0 aliphatic rings. The van der Waals surface area contributed by atoms with Gasteiger partial charge in [0.15, 0.2) is 0 Å². The highest BCUT2D eigenvalue weighted by atomic mass is 35.5. The zero-order valence-electron chi connectivity index (χ0n) is 9.28. The van der Waals surface area contributed by atoms with Crippen molar-refractivity contribution < 1.29 is 9.84 Å². The Balaban J connectivity index is 2.46. The van der Waals surface area contributed by atoms with Gasteiger partial charge in [0.25, 0.3) is 0 Å². The molecule has 0 amide bonds. The Bertz CT molecular complexity index is 568. The molecule has 1 aromatic heterocycles. The molecule has 1 atom stereocenters. The van der Waals surface area contributed by atoms with Crippen molar-refractivity contribution in [3.05, 3.63) is 49.1 Å². The lowest BCUT2D eigenvalue weighted by molar-refractivity contribution is 0.224. The van der Waals surface area contributed by atoms with Crippen molar-refractivity contribution in [3.63, 3.8) is 0 Å². The Morgan fingerprint density at radius 3 is 2.44 bits per heavy atom. The van der Waals surface area contributed by atoms with E-state index in [1.807, 2.05) is 0 Å². The van der Waals surface area contributed by atoms with Gasteiger partial charge in [-0.3, -0.25) is 0 Å². The number of hydrogen-bond donors (Lipinski definition) is 1. The molecule has 1 N–H and O–H groups in total. The second-order valence-electron chi connectivity index (χ2n) is 3.54. The molecule has 0 spiro atoms. The second kappa shape index (κ2) is 5.68. The van der Waals surface area contributed by atoms with Gasteiger partial charge >= 0.3 is 0 Å². The van der Waals surface area contributed by atoms with E-state index in [4.69, 9.17) is 39.5 Å². The molecule has 0 radical (unpaired) electrons. The van der Waals surface area contributed by atoms with E-state index in [0.717, 1.165) is 0 Å². The van der Waals surface area contributed by atoms with Crippen molar-refractivity contribution in [2.45, 2.75) is 6.10 Å². The van der Waals surface area contributed by atoms with Gasteiger partial charge in [-0.2, -0.15) is 0 Å². The van der Waals surface area contributed by atoms with Crippen LogP contribution in [-0.2, 0) is 0 Å². The molecule has 0 saturated heterocycles. The molecule has 2 nitrogen and oxygen atoms in total. The fraction of sp³-hybridized carbons (Fsp3) is 0.167.